The van der Waals surface area contributed by atoms with Crippen molar-refractivity contribution in [3.63, 3.8) is 0 Å². The molecule has 0 heterocycles. The average Bonchev–Trinajstić information content (AvgIpc) is 2.65. The van der Waals surface area contributed by atoms with Gasteiger partial charge in [0.1, 0.15) is 5.75 Å². The van der Waals surface area contributed by atoms with Gasteiger partial charge in [0.05, 0.1) is 6.61 Å². The van der Waals surface area contributed by atoms with Crippen LogP contribution < -0.4 is 4.74 Å². The Kier molecular flexibility index (Phi) is 6.30. The maximum absolute atomic E-state index is 8.99. The van der Waals surface area contributed by atoms with Crippen molar-refractivity contribution in [1.82, 2.24) is 0 Å². The van der Waals surface area contributed by atoms with Crippen molar-refractivity contribution >= 4 is 0 Å². The molecule has 1 aliphatic rings. The standard InChI is InChI=1S/C23H28O2/c24-17-13-20-9-11-22(12-10-20)25-18-16-23(14-5-2-6-15-23)19-21-7-3-1-4-8-21/h1,3-5,7-12,14,24H,2,6,13,15-19H2. The van der Waals surface area contributed by atoms with Crippen molar-refractivity contribution in [2.75, 3.05) is 13.2 Å². The molecule has 1 aliphatic carbocycles. The first-order valence-corrected chi connectivity index (χ1v) is 9.34. The molecule has 0 saturated heterocycles. The Hall–Kier alpha value is -2.06. The number of rotatable bonds is 8. The minimum atomic E-state index is 0.189. The molecule has 0 fully saturated rings. The van der Waals surface area contributed by atoms with Crippen LogP contribution in [0.4, 0.5) is 0 Å². The number of aliphatic hydroxyl groups is 1. The summed E-state index contributed by atoms with van der Waals surface area (Å²) in [6.45, 7) is 0.922. The minimum absolute atomic E-state index is 0.189. The highest BCUT2D eigenvalue weighted by Gasteiger charge is 2.28. The highest BCUT2D eigenvalue weighted by atomic mass is 16.5. The maximum atomic E-state index is 8.99. The molecule has 2 aromatic carbocycles. The molecule has 0 aromatic heterocycles. The highest BCUT2D eigenvalue weighted by molar-refractivity contribution is 5.27. The van der Waals surface area contributed by atoms with Crippen molar-refractivity contribution in [2.24, 2.45) is 5.41 Å². The molecule has 1 unspecified atom stereocenters. The van der Waals surface area contributed by atoms with Crippen LogP contribution in [0.25, 0.3) is 0 Å². The van der Waals surface area contributed by atoms with Crippen LogP contribution in [-0.2, 0) is 12.8 Å². The van der Waals surface area contributed by atoms with Gasteiger partial charge < -0.3 is 9.84 Å². The minimum Gasteiger partial charge on any atom is -0.494 e. The van der Waals surface area contributed by atoms with E-state index in [4.69, 9.17) is 9.84 Å². The molecule has 1 N–H and O–H groups in total. The smallest absolute Gasteiger partial charge is 0.119 e. The van der Waals surface area contributed by atoms with Crippen LogP contribution in [0.2, 0.25) is 0 Å². The fourth-order valence-electron chi connectivity index (χ4n) is 3.69. The van der Waals surface area contributed by atoms with Crippen molar-refractivity contribution < 1.29 is 9.84 Å². The van der Waals surface area contributed by atoms with Gasteiger partial charge in [0, 0.05) is 6.61 Å². The fourth-order valence-corrected chi connectivity index (χ4v) is 3.69. The highest BCUT2D eigenvalue weighted by Crippen LogP contribution is 2.38. The molecular formula is C23H28O2. The fraction of sp³-hybridized carbons (Fsp3) is 0.391. The van der Waals surface area contributed by atoms with Crippen molar-refractivity contribution in [3.05, 3.63) is 77.9 Å². The van der Waals surface area contributed by atoms with E-state index >= 15 is 0 Å². The van der Waals surface area contributed by atoms with E-state index in [2.05, 4.69) is 42.5 Å². The number of allylic oxidation sites excluding steroid dienone is 2. The van der Waals surface area contributed by atoms with Crippen LogP contribution in [0.3, 0.4) is 0 Å². The number of ether oxygens (including phenoxy) is 1. The number of aliphatic hydroxyl groups excluding tert-OH is 1. The van der Waals surface area contributed by atoms with Gasteiger partial charge >= 0.3 is 0 Å². The lowest BCUT2D eigenvalue weighted by molar-refractivity contribution is 0.216. The van der Waals surface area contributed by atoms with Crippen LogP contribution in [0, 0.1) is 5.41 Å². The molecule has 0 bridgehead atoms. The van der Waals surface area contributed by atoms with Crippen LogP contribution >= 0.6 is 0 Å². The first-order valence-electron chi connectivity index (χ1n) is 9.34. The normalized spacial score (nSPS) is 19.7. The number of benzene rings is 2. The molecule has 0 saturated carbocycles. The van der Waals surface area contributed by atoms with E-state index in [1.54, 1.807) is 0 Å². The van der Waals surface area contributed by atoms with Gasteiger partial charge in [0.15, 0.2) is 0 Å². The molecule has 0 amide bonds. The zero-order chi connectivity index (χ0) is 17.4. The number of hydrogen-bond acceptors (Lipinski definition) is 2. The van der Waals surface area contributed by atoms with Gasteiger partial charge in [-0.15, -0.1) is 0 Å². The van der Waals surface area contributed by atoms with E-state index in [0.717, 1.165) is 30.8 Å². The van der Waals surface area contributed by atoms with E-state index in [1.807, 2.05) is 24.3 Å². The predicted octanol–water partition coefficient (Wildman–Crippen LogP) is 4.96. The van der Waals surface area contributed by atoms with Gasteiger partial charge in [-0.25, -0.2) is 0 Å². The maximum Gasteiger partial charge on any atom is 0.119 e. The second-order valence-corrected chi connectivity index (χ2v) is 7.04. The molecular weight excluding hydrogens is 308 g/mol. The summed E-state index contributed by atoms with van der Waals surface area (Å²) < 4.78 is 6.01. The Morgan fingerprint density at radius 3 is 2.44 bits per heavy atom. The van der Waals surface area contributed by atoms with Crippen molar-refractivity contribution in [3.8, 4) is 5.75 Å². The summed E-state index contributed by atoms with van der Waals surface area (Å²) in [5, 5.41) is 8.99. The van der Waals surface area contributed by atoms with E-state index in [1.165, 1.54) is 24.8 Å². The SMILES string of the molecule is OCCc1ccc(OCCC2(Cc3ccccc3)C=CCCC2)cc1. The lowest BCUT2D eigenvalue weighted by Gasteiger charge is -2.33. The van der Waals surface area contributed by atoms with Crippen LogP contribution in [0.15, 0.2) is 66.7 Å². The summed E-state index contributed by atoms with van der Waals surface area (Å²) in [4.78, 5) is 0. The van der Waals surface area contributed by atoms with Crippen LogP contribution in [0.5, 0.6) is 5.75 Å². The third-order valence-electron chi connectivity index (χ3n) is 5.11. The van der Waals surface area contributed by atoms with Gasteiger partial charge in [-0.1, -0.05) is 54.6 Å². The summed E-state index contributed by atoms with van der Waals surface area (Å²) in [5.41, 5.74) is 2.77. The van der Waals surface area contributed by atoms with Crippen molar-refractivity contribution in [2.45, 2.75) is 38.5 Å². The Bertz CT molecular complexity index is 660. The summed E-state index contributed by atoms with van der Waals surface area (Å²) >= 11 is 0. The van der Waals surface area contributed by atoms with Gasteiger partial charge in [-0.05, 0) is 67.2 Å². The Morgan fingerprint density at radius 1 is 0.960 bits per heavy atom. The first kappa shape index (κ1) is 17.8. The van der Waals surface area contributed by atoms with Crippen LogP contribution in [-0.4, -0.2) is 18.3 Å². The third-order valence-corrected chi connectivity index (χ3v) is 5.11. The molecule has 0 aliphatic heterocycles. The van der Waals surface area contributed by atoms with E-state index in [0.29, 0.717) is 6.42 Å². The molecule has 3 rings (SSSR count). The molecule has 0 radical (unpaired) electrons. The van der Waals surface area contributed by atoms with Crippen LogP contribution in [0.1, 0.15) is 36.8 Å². The number of hydrogen-bond donors (Lipinski definition) is 1. The van der Waals surface area contributed by atoms with E-state index < -0.39 is 0 Å². The predicted molar refractivity (Wildman–Crippen MR) is 103 cm³/mol. The average molecular weight is 336 g/mol. The Morgan fingerprint density at radius 2 is 1.76 bits per heavy atom. The van der Waals surface area contributed by atoms with Gasteiger partial charge in [0.25, 0.3) is 0 Å². The zero-order valence-corrected chi connectivity index (χ0v) is 14.9. The second-order valence-electron chi connectivity index (χ2n) is 7.04. The quantitative estimate of drug-likeness (QED) is 0.690. The molecule has 25 heavy (non-hydrogen) atoms. The largest absolute Gasteiger partial charge is 0.494 e. The van der Waals surface area contributed by atoms with E-state index in [-0.39, 0.29) is 12.0 Å². The Balaban J connectivity index is 1.59. The third kappa shape index (κ3) is 5.20. The molecule has 132 valence electrons. The lowest BCUT2D eigenvalue weighted by atomic mass is 9.72. The van der Waals surface area contributed by atoms with Gasteiger partial charge in [-0.3, -0.25) is 0 Å². The summed E-state index contributed by atoms with van der Waals surface area (Å²) in [6, 6.07) is 18.9. The lowest BCUT2D eigenvalue weighted by Crippen LogP contribution is -2.26. The summed E-state index contributed by atoms with van der Waals surface area (Å²) in [5.74, 6) is 0.913. The summed E-state index contributed by atoms with van der Waals surface area (Å²) in [6.07, 6.45) is 11.3. The zero-order valence-electron chi connectivity index (χ0n) is 14.9. The molecule has 0 spiro atoms. The molecule has 2 nitrogen and oxygen atoms in total. The van der Waals surface area contributed by atoms with Crippen molar-refractivity contribution in [1.29, 1.82) is 0 Å². The van der Waals surface area contributed by atoms with Gasteiger partial charge in [-0.2, -0.15) is 0 Å². The topological polar surface area (TPSA) is 29.5 Å². The molecule has 1 atom stereocenters. The van der Waals surface area contributed by atoms with Gasteiger partial charge in [0.2, 0.25) is 0 Å². The molecule has 2 aromatic rings. The monoisotopic (exact) mass is 336 g/mol. The summed E-state index contributed by atoms with van der Waals surface area (Å²) in [7, 11) is 0. The van der Waals surface area contributed by atoms with E-state index in [9.17, 15) is 0 Å². The molecule has 2 heteroatoms. The Labute approximate surface area is 151 Å². The second kappa shape index (κ2) is 8.87. The first-order chi connectivity index (χ1) is 12.3.